The fraction of sp³-hybridized carbons (Fsp3) is 0.333. The van der Waals surface area contributed by atoms with Gasteiger partial charge in [0.15, 0.2) is 0 Å². The van der Waals surface area contributed by atoms with Crippen molar-refractivity contribution in [2.45, 2.75) is 39.1 Å². The third-order valence-electron chi connectivity index (χ3n) is 4.53. The first-order valence-electron chi connectivity index (χ1n) is 9.97. The quantitative estimate of drug-likeness (QED) is 0.161. The summed E-state index contributed by atoms with van der Waals surface area (Å²) in [5.41, 5.74) is 4.19. The highest BCUT2D eigenvalue weighted by molar-refractivity contribution is 5.97. The fourth-order valence-electron chi connectivity index (χ4n) is 2.70. The number of aliphatic hydroxyl groups is 3. The smallest absolute Gasteiger partial charge is 0.268 e. The monoisotopic (exact) mass is 457 g/mol. The molecule has 0 fully saturated rings. The SMILES string of the molecule is C.C[C@@H](O)[C@H](NC(=O)c1ccc(C#Cc2ccc(CNC[C@@H](O)CO)cc2)cc1)C(=O)NO. The van der Waals surface area contributed by atoms with Crippen molar-refractivity contribution in [2.24, 2.45) is 0 Å². The second kappa shape index (κ2) is 14.0. The van der Waals surface area contributed by atoms with Crippen molar-refractivity contribution in [2.75, 3.05) is 13.2 Å². The van der Waals surface area contributed by atoms with Crippen molar-refractivity contribution in [1.82, 2.24) is 16.1 Å². The van der Waals surface area contributed by atoms with Crippen molar-refractivity contribution >= 4 is 11.8 Å². The van der Waals surface area contributed by atoms with Crippen LogP contribution in [0, 0.1) is 11.8 Å². The van der Waals surface area contributed by atoms with Gasteiger partial charge in [-0.15, -0.1) is 0 Å². The highest BCUT2D eigenvalue weighted by Crippen LogP contribution is 2.07. The van der Waals surface area contributed by atoms with E-state index in [1.54, 1.807) is 24.3 Å². The van der Waals surface area contributed by atoms with E-state index in [-0.39, 0.29) is 19.6 Å². The van der Waals surface area contributed by atoms with Gasteiger partial charge in [0.05, 0.1) is 18.8 Å². The molecule has 0 bridgehead atoms. The molecule has 0 radical (unpaired) electrons. The minimum atomic E-state index is -1.29. The van der Waals surface area contributed by atoms with Crippen LogP contribution in [0.3, 0.4) is 0 Å². The summed E-state index contributed by atoms with van der Waals surface area (Å²) >= 11 is 0. The molecule has 0 aliphatic heterocycles. The normalized spacial score (nSPS) is 12.9. The Bertz CT molecular complexity index is 949. The number of nitrogens with one attached hydrogen (secondary N) is 3. The molecule has 9 nitrogen and oxygen atoms in total. The molecule has 0 saturated heterocycles. The molecule has 9 heteroatoms. The van der Waals surface area contributed by atoms with Gasteiger partial charge >= 0.3 is 0 Å². The van der Waals surface area contributed by atoms with Crippen LogP contribution in [0.25, 0.3) is 0 Å². The van der Waals surface area contributed by atoms with Gasteiger partial charge in [0.2, 0.25) is 0 Å². The number of carbonyl (C=O) groups excluding carboxylic acids is 2. The lowest BCUT2D eigenvalue weighted by Gasteiger charge is -2.19. The van der Waals surface area contributed by atoms with Crippen LogP contribution < -0.4 is 16.1 Å². The average molecular weight is 458 g/mol. The maximum atomic E-state index is 12.3. The zero-order valence-corrected chi connectivity index (χ0v) is 17.6. The Hall–Kier alpha value is -3.26. The largest absolute Gasteiger partial charge is 0.394 e. The van der Waals surface area contributed by atoms with Gasteiger partial charge < -0.3 is 26.0 Å². The van der Waals surface area contributed by atoms with E-state index in [2.05, 4.69) is 22.5 Å². The van der Waals surface area contributed by atoms with E-state index in [1.807, 2.05) is 24.3 Å². The molecule has 7 N–H and O–H groups in total. The summed E-state index contributed by atoms with van der Waals surface area (Å²) in [6.45, 7) is 1.91. The maximum Gasteiger partial charge on any atom is 0.268 e. The predicted molar refractivity (Wildman–Crippen MR) is 123 cm³/mol. The molecule has 3 atom stereocenters. The standard InChI is InChI=1S/C23H27N3O6.CH4/c1-15(28)21(23(31)26-32)25-22(30)19-10-8-17(9-11-19)3-2-16-4-6-18(7-5-16)12-24-13-20(29)14-27;/h4-11,15,20-21,24,27-29,32H,12-14H2,1H3,(H,25,30)(H,26,31);1H4/t15-,20-,21+;/m1./s1. The summed E-state index contributed by atoms with van der Waals surface area (Å²) < 4.78 is 0. The van der Waals surface area contributed by atoms with Crippen molar-refractivity contribution in [1.29, 1.82) is 0 Å². The van der Waals surface area contributed by atoms with E-state index in [0.717, 1.165) is 11.1 Å². The number of carbonyl (C=O) groups is 2. The molecular formula is C24H31N3O6. The molecule has 0 spiro atoms. The lowest BCUT2D eigenvalue weighted by atomic mass is 10.1. The molecule has 0 aliphatic carbocycles. The number of amides is 2. The van der Waals surface area contributed by atoms with E-state index in [4.69, 9.17) is 10.3 Å². The van der Waals surface area contributed by atoms with Crippen LogP contribution >= 0.6 is 0 Å². The number of hydroxylamine groups is 1. The van der Waals surface area contributed by atoms with Crippen LogP contribution in [0.5, 0.6) is 0 Å². The Balaban J connectivity index is 0.00000544. The van der Waals surface area contributed by atoms with Crippen molar-refractivity contribution in [3.05, 3.63) is 70.8 Å². The highest BCUT2D eigenvalue weighted by Gasteiger charge is 2.25. The molecule has 2 rings (SSSR count). The maximum absolute atomic E-state index is 12.3. The molecule has 2 aromatic carbocycles. The third kappa shape index (κ3) is 9.02. The van der Waals surface area contributed by atoms with E-state index in [9.17, 15) is 19.8 Å². The van der Waals surface area contributed by atoms with Gasteiger partial charge in [0.25, 0.3) is 11.8 Å². The molecular weight excluding hydrogens is 426 g/mol. The number of hydrogen-bond acceptors (Lipinski definition) is 7. The summed E-state index contributed by atoms with van der Waals surface area (Å²) in [5.74, 6) is 4.54. The van der Waals surface area contributed by atoms with Crippen molar-refractivity contribution in [3.63, 3.8) is 0 Å². The average Bonchev–Trinajstić information content (AvgIpc) is 2.81. The molecule has 0 unspecified atom stereocenters. The Morgan fingerprint density at radius 1 is 0.970 bits per heavy atom. The zero-order valence-electron chi connectivity index (χ0n) is 17.6. The molecule has 178 valence electrons. The van der Waals surface area contributed by atoms with Gasteiger partial charge in [0, 0.05) is 29.8 Å². The Kier molecular flexibility index (Phi) is 11.8. The number of rotatable bonds is 9. The summed E-state index contributed by atoms with van der Waals surface area (Å²) in [4.78, 5) is 23.8. The number of aliphatic hydroxyl groups excluding tert-OH is 3. The lowest BCUT2D eigenvalue weighted by Crippen LogP contribution is -2.51. The molecule has 2 aromatic rings. The summed E-state index contributed by atoms with van der Waals surface area (Å²) in [7, 11) is 0. The summed E-state index contributed by atoms with van der Waals surface area (Å²) in [5, 5.41) is 41.8. The van der Waals surface area contributed by atoms with Crippen LogP contribution in [0.15, 0.2) is 48.5 Å². The van der Waals surface area contributed by atoms with E-state index in [0.29, 0.717) is 18.7 Å². The van der Waals surface area contributed by atoms with E-state index < -0.39 is 30.1 Å². The van der Waals surface area contributed by atoms with Gasteiger partial charge in [-0.1, -0.05) is 31.4 Å². The summed E-state index contributed by atoms with van der Waals surface area (Å²) in [6.07, 6.45) is -1.97. The molecule has 0 heterocycles. The van der Waals surface area contributed by atoms with Crippen molar-refractivity contribution in [3.8, 4) is 11.8 Å². The first-order chi connectivity index (χ1) is 15.3. The highest BCUT2D eigenvalue weighted by atomic mass is 16.5. The Morgan fingerprint density at radius 3 is 2.00 bits per heavy atom. The second-order valence-corrected chi connectivity index (χ2v) is 7.16. The van der Waals surface area contributed by atoms with E-state index >= 15 is 0 Å². The molecule has 0 aromatic heterocycles. The van der Waals surface area contributed by atoms with E-state index in [1.165, 1.54) is 12.4 Å². The van der Waals surface area contributed by atoms with Crippen LogP contribution in [0.2, 0.25) is 0 Å². The molecule has 33 heavy (non-hydrogen) atoms. The van der Waals surface area contributed by atoms with Gasteiger partial charge in [-0.3, -0.25) is 14.8 Å². The van der Waals surface area contributed by atoms with Gasteiger partial charge in [-0.2, -0.15) is 0 Å². The topological polar surface area (TPSA) is 151 Å². The lowest BCUT2D eigenvalue weighted by molar-refractivity contribution is -0.133. The number of hydrogen-bond donors (Lipinski definition) is 7. The summed E-state index contributed by atoms with van der Waals surface area (Å²) in [6, 6.07) is 12.7. The number of benzene rings is 2. The molecule has 0 saturated carbocycles. The van der Waals surface area contributed by atoms with Crippen LogP contribution in [0.4, 0.5) is 0 Å². The van der Waals surface area contributed by atoms with Crippen LogP contribution in [-0.4, -0.2) is 63.7 Å². The molecule has 2 amide bonds. The van der Waals surface area contributed by atoms with Crippen molar-refractivity contribution < 1.29 is 30.1 Å². The van der Waals surface area contributed by atoms with Crippen LogP contribution in [-0.2, 0) is 11.3 Å². The minimum Gasteiger partial charge on any atom is -0.394 e. The van der Waals surface area contributed by atoms with Crippen LogP contribution in [0.1, 0.15) is 41.4 Å². The molecule has 0 aliphatic rings. The zero-order chi connectivity index (χ0) is 23.5. The predicted octanol–water partition coefficient (Wildman–Crippen LogP) is 0.150. The van der Waals surface area contributed by atoms with Gasteiger partial charge in [-0.05, 0) is 48.9 Å². The first kappa shape index (κ1) is 27.8. The van der Waals surface area contributed by atoms with Gasteiger partial charge in [0.1, 0.15) is 6.04 Å². The van der Waals surface area contributed by atoms with Gasteiger partial charge in [-0.25, -0.2) is 5.48 Å². The minimum absolute atomic E-state index is 0. The Morgan fingerprint density at radius 2 is 1.52 bits per heavy atom. The Labute approximate surface area is 193 Å². The third-order valence-corrected chi connectivity index (χ3v) is 4.53. The first-order valence-corrected chi connectivity index (χ1v) is 9.97. The second-order valence-electron chi connectivity index (χ2n) is 7.16. The fourth-order valence-corrected chi connectivity index (χ4v) is 2.70.